The van der Waals surface area contributed by atoms with Crippen LogP contribution in [-0.2, 0) is 14.3 Å². The minimum atomic E-state index is -1.07. The standard InChI is InChI=1S/C30H44O5/c1-16-14-17-22(25(4,5)33)35-30(34-17)21(16)26(6)12-13-29-15-28(29)11-10-20(31)24(2,3)18(28)8-9-19(29)27(26,7)23(30)32/h9,16-18,21-23,32-33H,8,10-15H2,1-7H3/t16-,17-,18-,21-,22-,23-,26-,27?,28?,29?,30-/m1/s1. The van der Waals surface area contributed by atoms with Crippen LogP contribution in [0.4, 0.5) is 0 Å². The Morgan fingerprint density at radius 2 is 1.80 bits per heavy atom. The van der Waals surface area contributed by atoms with Crippen molar-refractivity contribution in [3.05, 3.63) is 11.6 Å². The molecule has 0 aromatic rings. The van der Waals surface area contributed by atoms with E-state index in [9.17, 15) is 15.0 Å². The zero-order valence-electron chi connectivity index (χ0n) is 22.6. The fourth-order valence-electron chi connectivity index (χ4n) is 11.7. The van der Waals surface area contributed by atoms with Crippen molar-refractivity contribution < 1.29 is 24.5 Å². The average Bonchev–Trinajstić information content (AvgIpc) is 3.28. The Kier molecular flexibility index (Phi) is 4.08. The molecule has 2 aliphatic heterocycles. The zero-order chi connectivity index (χ0) is 25.2. The van der Waals surface area contributed by atoms with E-state index < -0.39 is 29.0 Å². The third kappa shape index (κ3) is 2.21. The van der Waals surface area contributed by atoms with Gasteiger partial charge >= 0.3 is 0 Å². The Balaban J connectivity index is 1.37. The topological polar surface area (TPSA) is 76.0 Å². The second-order valence-electron chi connectivity index (χ2n) is 15.2. The molecule has 7 aliphatic rings. The summed E-state index contributed by atoms with van der Waals surface area (Å²) in [5.74, 6) is 0.175. The number of aliphatic hydroxyl groups is 2. The molecule has 3 spiro atoms. The zero-order valence-corrected chi connectivity index (χ0v) is 22.6. The summed E-state index contributed by atoms with van der Waals surface area (Å²) in [5, 5.41) is 23.4. The molecular formula is C30H44O5. The van der Waals surface area contributed by atoms with Crippen LogP contribution in [0.15, 0.2) is 11.6 Å². The summed E-state index contributed by atoms with van der Waals surface area (Å²) < 4.78 is 13.5. The predicted octanol–water partition coefficient (Wildman–Crippen LogP) is 4.79. The summed E-state index contributed by atoms with van der Waals surface area (Å²) in [6.45, 7) is 14.9. The average molecular weight is 485 g/mol. The van der Waals surface area contributed by atoms with E-state index in [1.165, 1.54) is 5.57 Å². The summed E-state index contributed by atoms with van der Waals surface area (Å²) in [4.78, 5) is 12.9. The number of rotatable bonds is 1. The summed E-state index contributed by atoms with van der Waals surface area (Å²) in [6.07, 6.45) is 7.86. The Morgan fingerprint density at radius 3 is 2.49 bits per heavy atom. The van der Waals surface area contributed by atoms with Crippen LogP contribution in [0.25, 0.3) is 0 Å². The molecule has 0 aromatic heterocycles. The van der Waals surface area contributed by atoms with Crippen LogP contribution in [0.5, 0.6) is 0 Å². The molecule has 2 saturated heterocycles. The molecule has 35 heavy (non-hydrogen) atoms. The fraction of sp³-hybridized carbons (Fsp3) is 0.900. The molecule has 6 fully saturated rings. The number of hydrogen-bond donors (Lipinski definition) is 2. The number of carbonyl (C=O) groups excluding carboxylic acids is 1. The van der Waals surface area contributed by atoms with E-state index in [-0.39, 0.29) is 33.7 Å². The predicted molar refractivity (Wildman–Crippen MR) is 131 cm³/mol. The molecule has 2 N–H and O–H groups in total. The number of hydrogen-bond acceptors (Lipinski definition) is 5. The Hall–Kier alpha value is -0.750. The van der Waals surface area contributed by atoms with Crippen LogP contribution in [-0.4, -0.2) is 45.7 Å². The fourth-order valence-corrected chi connectivity index (χ4v) is 11.7. The van der Waals surface area contributed by atoms with Gasteiger partial charge in [0.05, 0.1) is 11.7 Å². The summed E-state index contributed by atoms with van der Waals surface area (Å²) in [7, 11) is 0. The van der Waals surface area contributed by atoms with Gasteiger partial charge in [-0.1, -0.05) is 46.3 Å². The Bertz CT molecular complexity index is 1060. The van der Waals surface area contributed by atoms with Crippen LogP contribution >= 0.6 is 0 Å². The van der Waals surface area contributed by atoms with Gasteiger partial charge in [0.2, 0.25) is 0 Å². The first-order valence-corrected chi connectivity index (χ1v) is 14.1. The maximum absolute atomic E-state index is 12.9. The molecule has 4 saturated carbocycles. The number of fused-ring (bicyclic) bond motifs is 4. The molecule has 2 bridgehead atoms. The van der Waals surface area contributed by atoms with Crippen molar-refractivity contribution in [2.24, 2.45) is 44.8 Å². The maximum atomic E-state index is 12.9. The highest BCUT2D eigenvalue weighted by Crippen LogP contribution is 2.88. The van der Waals surface area contributed by atoms with Crippen LogP contribution in [0, 0.1) is 44.8 Å². The molecule has 0 amide bonds. The summed E-state index contributed by atoms with van der Waals surface area (Å²) in [6, 6.07) is 0. The third-order valence-electron chi connectivity index (χ3n) is 13.3. The number of ketones is 1. The first kappa shape index (κ1) is 23.4. The van der Waals surface area contributed by atoms with Gasteiger partial charge in [0.1, 0.15) is 18.0 Å². The molecule has 0 aromatic carbocycles. The largest absolute Gasteiger partial charge is 0.388 e. The van der Waals surface area contributed by atoms with Crippen molar-refractivity contribution in [2.75, 3.05) is 0 Å². The summed E-state index contributed by atoms with van der Waals surface area (Å²) in [5.41, 5.74) is -0.163. The van der Waals surface area contributed by atoms with Gasteiger partial charge in [-0.25, -0.2) is 0 Å². The molecule has 7 rings (SSSR count). The SMILES string of the molecule is C[C@@H]1C[C@H]2O[C@]3(O[C@H]2C(C)(C)O)[C@H](O)C2(C)C4=CC[C@@H]5C(C)(C)C(=O)CCC56CC46CC[C@]2(C)[C@@H]13. The van der Waals surface area contributed by atoms with Gasteiger partial charge in [-0.3, -0.25) is 4.79 Å². The third-order valence-corrected chi connectivity index (χ3v) is 13.3. The lowest BCUT2D eigenvalue weighted by Gasteiger charge is -2.59. The number of aliphatic hydroxyl groups excluding tert-OH is 1. The molecule has 2 heterocycles. The lowest BCUT2D eigenvalue weighted by Crippen LogP contribution is -2.55. The van der Waals surface area contributed by atoms with Crippen molar-refractivity contribution in [1.82, 2.24) is 0 Å². The van der Waals surface area contributed by atoms with Gasteiger partial charge in [0.15, 0.2) is 5.79 Å². The van der Waals surface area contributed by atoms with Crippen LogP contribution in [0.1, 0.15) is 93.4 Å². The van der Waals surface area contributed by atoms with E-state index in [0.29, 0.717) is 24.0 Å². The van der Waals surface area contributed by atoms with E-state index in [4.69, 9.17) is 9.47 Å². The molecule has 5 nitrogen and oxygen atoms in total. The maximum Gasteiger partial charge on any atom is 0.199 e. The highest BCUT2D eigenvalue weighted by atomic mass is 16.8. The van der Waals surface area contributed by atoms with E-state index in [2.05, 4.69) is 40.7 Å². The first-order chi connectivity index (χ1) is 16.1. The van der Waals surface area contributed by atoms with Gasteiger partial charge in [-0.2, -0.15) is 0 Å². The summed E-state index contributed by atoms with van der Waals surface area (Å²) >= 11 is 0. The lowest BCUT2D eigenvalue weighted by molar-refractivity contribution is -0.279. The molecule has 5 heteroatoms. The quantitative estimate of drug-likeness (QED) is 0.524. The van der Waals surface area contributed by atoms with Crippen molar-refractivity contribution in [1.29, 1.82) is 0 Å². The van der Waals surface area contributed by atoms with Crippen molar-refractivity contribution in [2.45, 2.75) is 123 Å². The van der Waals surface area contributed by atoms with E-state index >= 15 is 0 Å². The Labute approximate surface area is 210 Å². The van der Waals surface area contributed by atoms with Crippen LogP contribution in [0.3, 0.4) is 0 Å². The van der Waals surface area contributed by atoms with Gasteiger partial charge in [-0.05, 0) is 80.5 Å². The molecule has 5 aliphatic carbocycles. The number of ether oxygens (including phenoxy) is 2. The lowest BCUT2D eigenvalue weighted by atomic mass is 9.45. The molecular weight excluding hydrogens is 440 g/mol. The highest BCUT2D eigenvalue weighted by Gasteiger charge is 2.86. The van der Waals surface area contributed by atoms with Gasteiger partial charge in [0, 0.05) is 23.2 Å². The molecule has 194 valence electrons. The van der Waals surface area contributed by atoms with Gasteiger partial charge in [-0.15, -0.1) is 0 Å². The second-order valence-corrected chi connectivity index (χ2v) is 15.2. The number of allylic oxidation sites excluding steroid dienone is 1. The highest BCUT2D eigenvalue weighted by molar-refractivity contribution is 5.86. The van der Waals surface area contributed by atoms with Gasteiger partial charge < -0.3 is 19.7 Å². The minimum absolute atomic E-state index is 0.0775. The molecule has 11 atom stereocenters. The number of Topliss-reactive ketones (excluding diaryl/α,β-unsaturated/α-hetero) is 1. The van der Waals surface area contributed by atoms with Gasteiger partial charge in [0.25, 0.3) is 0 Å². The second kappa shape index (κ2) is 6.11. The van der Waals surface area contributed by atoms with E-state index in [1.54, 1.807) is 13.8 Å². The van der Waals surface area contributed by atoms with Crippen molar-refractivity contribution in [3.63, 3.8) is 0 Å². The first-order valence-electron chi connectivity index (χ1n) is 14.1. The Morgan fingerprint density at radius 1 is 1.09 bits per heavy atom. The normalized spacial score (nSPS) is 59.6. The monoisotopic (exact) mass is 484 g/mol. The minimum Gasteiger partial charge on any atom is -0.388 e. The van der Waals surface area contributed by atoms with E-state index in [0.717, 1.165) is 38.5 Å². The molecule has 0 radical (unpaired) electrons. The van der Waals surface area contributed by atoms with Crippen molar-refractivity contribution in [3.8, 4) is 0 Å². The van der Waals surface area contributed by atoms with Crippen molar-refractivity contribution >= 4 is 5.78 Å². The van der Waals surface area contributed by atoms with Crippen LogP contribution in [0.2, 0.25) is 0 Å². The molecule has 3 unspecified atom stereocenters. The smallest absolute Gasteiger partial charge is 0.199 e. The van der Waals surface area contributed by atoms with E-state index in [1.807, 2.05) is 0 Å². The van der Waals surface area contributed by atoms with Crippen LogP contribution < -0.4 is 0 Å². The number of carbonyl (C=O) groups is 1.